The Bertz CT molecular complexity index is 807. The zero-order valence-corrected chi connectivity index (χ0v) is 19.0. The molecule has 0 radical (unpaired) electrons. The van der Waals surface area contributed by atoms with Crippen LogP contribution in [0.2, 0.25) is 0 Å². The van der Waals surface area contributed by atoms with Gasteiger partial charge < -0.3 is 14.5 Å². The molecule has 0 amide bonds. The minimum Gasteiger partial charge on any atom is -0.464 e. The maximum absolute atomic E-state index is 12.4. The molecule has 7 nitrogen and oxygen atoms in total. The van der Waals surface area contributed by atoms with E-state index in [1.807, 2.05) is 20.0 Å². The van der Waals surface area contributed by atoms with Crippen LogP contribution in [0, 0.1) is 5.92 Å². The summed E-state index contributed by atoms with van der Waals surface area (Å²) in [5.74, 6) is -0.364. The van der Waals surface area contributed by atoms with Crippen molar-refractivity contribution >= 4 is 16.1 Å². The van der Waals surface area contributed by atoms with Crippen molar-refractivity contribution in [2.45, 2.75) is 57.3 Å². The molecule has 0 saturated heterocycles. The Kier molecular flexibility index (Phi) is 9.17. The van der Waals surface area contributed by atoms with E-state index >= 15 is 0 Å². The van der Waals surface area contributed by atoms with Crippen molar-refractivity contribution in [1.29, 1.82) is 0 Å². The molecule has 2 atom stereocenters. The van der Waals surface area contributed by atoms with E-state index in [9.17, 15) is 13.2 Å². The maximum Gasteiger partial charge on any atom is 0.308 e. The lowest BCUT2D eigenvalue weighted by Crippen LogP contribution is -2.29. The fourth-order valence-electron chi connectivity index (χ4n) is 3.55. The van der Waals surface area contributed by atoms with Crippen LogP contribution in [0.1, 0.15) is 57.9 Å². The first kappa shape index (κ1) is 24.2. The van der Waals surface area contributed by atoms with Crippen LogP contribution in [-0.2, 0) is 19.6 Å². The lowest BCUT2D eigenvalue weighted by Gasteiger charge is -2.22. The number of unbranched alkanes of at least 4 members (excludes halogenated alkanes) is 1. The van der Waals surface area contributed by atoms with Crippen LogP contribution in [-0.4, -0.2) is 55.1 Å². The molecule has 0 aromatic heterocycles. The van der Waals surface area contributed by atoms with Gasteiger partial charge in [-0.1, -0.05) is 39.3 Å². The van der Waals surface area contributed by atoms with Gasteiger partial charge >= 0.3 is 5.97 Å². The molecule has 2 unspecified atom stereocenters. The van der Waals surface area contributed by atoms with E-state index in [-0.39, 0.29) is 22.7 Å². The molecule has 1 heterocycles. The van der Waals surface area contributed by atoms with Gasteiger partial charge in [0.15, 0.2) is 0 Å². The molecule has 1 aliphatic rings. The Morgan fingerprint density at radius 2 is 1.77 bits per heavy atom. The number of hydrogen-bond acceptors (Lipinski definition) is 6. The van der Waals surface area contributed by atoms with Gasteiger partial charge in [0, 0.05) is 18.9 Å². The summed E-state index contributed by atoms with van der Waals surface area (Å²) in [7, 11) is -4.20. The first-order chi connectivity index (χ1) is 14.2. The average molecular weight is 439 g/mol. The van der Waals surface area contributed by atoms with E-state index in [1.165, 1.54) is 25.0 Å². The Hall–Kier alpha value is -2.06. The van der Waals surface area contributed by atoms with Crippen molar-refractivity contribution < 1.29 is 22.5 Å². The van der Waals surface area contributed by atoms with E-state index in [2.05, 4.69) is 22.9 Å². The predicted octanol–water partition coefficient (Wildman–Crippen LogP) is 3.84. The fraction of sp³-hybridized carbons (Fsp3) is 0.591. The third-order valence-electron chi connectivity index (χ3n) is 5.46. The molecule has 1 aliphatic heterocycles. The van der Waals surface area contributed by atoms with Crippen molar-refractivity contribution in [2.75, 3.05) is 26.4 Å². The van der Waals surface area contributed by atoms with Gasteiger partial charge in [-0.3, -0.25) is 9.35 Å². The molecule has 1 aromatic carbocycles. The monoisotopic (exact) mass is 438 g/mol. The largest absolute Gasteiger partial charge is 0.464 e. The highest BCUT2D eigenvalue weighted by atomic mass is 32.2. The van der Waals surface area contributed by atoms with Crippen LogP contribution in [0.25, 0.3) is 0 Å². The minimum atomic E-state index is -4.20. The zero-order valence-electron chi connectivity index (χ0n) is 18.2. The second kappa shape index (κ2) is 11.4. The van der Waals surface area contributed by atoms with E-state index in [1.54, 1.807) is 12.1 Å². The van der Waals surface area contributed by atoms with E-state index in [0.717, 1.165) is 25.2 Å². The maximum atomic E-state index is 12.4. The molecular weight excluding hydrogens is 404 g/mol. The smallest absolute Gasteiger partial charge is 0.308 e. The Morgan fingerprint density at radius 3 is 2.33 bits per heavy atom. The van der Waals surface area contributed by atoms with Gasteiger partial charge in [0.1, 0.15) is 6.61 Å². The summed E-state index contributed by atoms with van der Waals surface area (Å²) >= 11 is 0. The summed E-state index contributed by atoms with van der Waals surface area (Å²) in [6.07, 6.45) is 7.89. The average Bonchev–Trinajstić information content (AvgIpc) is 3.17. The highest BCUT2D eigenvalue weighted by molar-refractivity contribution is 7.85. The van der Waals surface area contributed by atoms with Crippen molar-refractivity contribution in [3.8, 4) is 0 Å². The summed E-state index contributed by atoms with van der Waals surface area (Å²) < 4.78 is 37.0. The van der Waals surface area contributed by atoms with Gasteiger partial charge in [-0.15, -0.1) is 0 Å². The number of rotatable bonds is 12. The van der Waals surface area contributed by atoms with E-state index < -0.39 is 10.1 Å². The highest BCUT2D eigenvalue weighted by Crippen LogP contribution is 2.28. The third-order valence-corrected chi connectivity index (χ3v) is 6.32. The van der Waals surface area contributed by atoms with Crippen molar-refractivity contribution in [3.05, 3.63) is 42.2 Å². The van der Waals surface area contributed by atoms with Gasteiger partial charge in [0.25, 0.3) is 10.1 Å². The minimum absolute atomic E-state index is 0.108. The summed E-state index contributed by atoms with van der Waals surface area (Å²) in [6, 6.07) is 6.17. The molecule has 0 bridgehead atoms. The van der Waals surface area contributed by atoms with E-state index in [0.29, 0.717) is 19.6 Å². The second-order valence-electron chi connectivity index (χ2n) is 7.87. The summed E-state index contributed by atoms with van der Waals surface area (Å²) in [4.78, 5) is 16.7. The van der Waals surface area contributed by atoms with Crippen molar-refractivity contribution in [1.82, 2.24) is 9.80 Å². The molecule has 30 heavy (non-hydrogen) atoms. The lowest BCUT2D eigenvalue weighted by molar-refractivity contribution is -0.148. The second-order valence-corrected chi connectivity index (χ2v) is 9.29. The van der Waals surface area contributed by atoms with Crippen molar-refractivity contribution in [2.24, 2.45) is 5.92 Å². The number of carbonyl (C=O) groups excluding carboxylic acids is 1. The summed E-state index contributed by atoms with van der Waals surface area (Å²) in [6.45, 7) is 8.98. The molecular formula is C22H34N2O5S. The van der Waals surface area contributed by atoms with Crippen LogP contribution in [0.15, 0.2) is 41.6 Å². The SMILES string of the molecule is CCCCN1C=CN(CCOC(=O)C(C)CC(CC)c2ccc(S(=O)(=O)O)cc2)C1. The fourth-order valence-corrected chi connectivity index (χ4v) is 4.03. The number of benzene rings is 1. The number of ether oxygens (including phenoxy) is 1. The summed E-state index contributed by atoms with van der Waals surface area (Å²) in [5, 5.41) is 0. The Labute approximate surface area is 180 Å². The molecule has 1 N–H and O–H groups in total. The Balaban J connectivity index is 1.78. The van der Waals surface area contributed by atoms with Gasteiger partial charge in [-0.2, -0.15) is 8.42 Å². The predicted molar refractivity (Wildman–Crippen MR) is 116 cm³/mol. The standard InChI is InChI=1S/C22H34N2O5S/c1-4-6-11-23-12-13-24(17-23)14-15-29-22(25)18(3)16-19(5-2)20-7-9-21(10-8-20)30(26,27)28/h7-10,12-13,18-19H,4-6,11,14-17H2,1-3H3,(H,26,27,28). The molecule has 0 aliphatic carbocycles. The molecule has 168 valence electrons. The quantitative estimate of drug-likeness (QED) is 0.392. The van der Waals surface area contributed by atoms with Crippen LogP contribution >= 0.6 is 0 Å². The molecule has 0 fully saturated rings. The molecule has 8 heteroatoms. The molecule has 0 saturated carbocycles. The third kappa shape index (κ3) is 7.32. The zero-order chi connectivity index (χ0) is 22.1. The topological polar surface area (TPSA) is 87.2 Å². The van der Waals surface area contributed by atoms with Crippen LogP contribution in [0.5, 0.6) is 0 Å². The number of nitrogens with zero attached hydrogens (tertiary/aromatic N) is 2. The van der Waals surface area contributed by atoms with Gasteiger partial charge in [-0.25, -0.2) is 0 Å². The number of carbonyl (C=O) groups is 1. The van der Waals surface area contributed by atoms with Crippen LogP contribution in [0.3, 0.4) is 0 Å². The van der Waals surface area contributed by atoms with Crippen LogP contribution in [0.4, 0.5) is 0 Å². The first-order valence-corrected chi connectivity index (χ1v) is 12.1. The van der Waals surface area contributed by atoms with E-state index in [4.69, 9.17) is 9.29 Å². The molecule has 1 aromatic rings. The molecule has 2 rings (SSSR count). The Morgan fingerprint density at radius 1 is 1.13 bits per heavy atom. The summed E-state index contributed by atoms with van der Waals surface area (Å²) in [5.41, 5.74) is 0.943. The van der Waals surface area contributed by atoms with Crippen molar-refractivity contribution in [3.63, 3.8) is 0 Å². The van der Waals surface area contributed by atoms with Gasteiger partial charge in [0.2, 0.25) is 0 Å². The lowest BCUT2D eigenvalue weighted by atomic mass is 9.88. The van der Waals surface area contributed by atoms with Crippen LogP contribution < -0.4 is 0 Å². The van der Waals surface area contributed by atoms with Gasteiger partial charge in [0.05, 0.1) is 24.0 Å². The number of hydrogen-bond donors (Lipinski definition) is 1. The van der Waals surface area contributed by atoms with Gasteiger partial charge in [-0.05, 0) is 42.9 Å². The number of esters is 1. The molecule has 0 spiro atoms. The first-order valence-electron chi connectivity index (χ1n) is 10.6. The normalized spacial score (nSPS) is 16.0. The highest BCUT2D eigenvalue weighted by Gasteiger charge is 2.21.